The second kappa shape index (κ2) is 7.81. The van der Waals surface area contributed by atoms with Crippen molar-refractivity contribution in [2.45, 2.75) is 10.8 Å². The van der Waals surface area contributed by atoms with Crippen molar-refractivity contribution in [3.05, 3.63) is 76.0 Å². The highest BCUT2D eigenvalue weighted by Gasteiger charge is 2.25. The fourth-order valence-electron chi connectivity index (χ4n) is 2.08. The molecule has 2 atom stereocenters. The molecule has 0 N–H and O–H groups in total. The normalized spacial score (nSPS) is 13.7. The Morgan fingerprint density at radius 2 is 2.04 bits per heavy atom. The molecule has 3 rings (SSSR count). The second-order valence-corrected chi connectivity index (χ2v) is 8.39. The van der Waals surface area contributed by atoms with Crippen molar-refractivity contribution in [2.75, 3.05) is 0 Å². The molecule has 0 fully saturated rings. The molecule has 2 heterocycles. The third kappa shape index (κ3) is 4.17. The zero-order valence-electron chi connectivity index (χ0n) is 11.8. The van der Waals surface area contributed by atoms with E-state index in [1.807, 2.05) is 52.5 Å². The Labute approximate surface area is 158 Å². The van der Waals surface area contributed by atoms with Crippen molar-refractivity contribution in [2.24, 2.45) is 0 Å². The summed E-state index contributed by atoms with van der Waals surface area (Å²) in [4.78, 5) is 5.16. The highest BCUT2D eigenvalue weighted by atomic mass is 35.5. The topological polar surface area (TPSA) is 17.8 Å². The summed E-state index contributed by atoms with van der Waals surface area (Å²) < 4.78 is 2.72. The molecule has 0 bridgehead atoms. The summed E-state index contributed by atoms with van der Waals surface area (Å²) in [5.74, 6) is 0. The van der Waals surface area contributed by atoms with Gasteiger partial charge in [0, 0.05) is 17.4 Å². The van der Waals surface area contributed by atoms with E-state index in [0.717, 1.165) is 14.6 Å². The van der Waals surface area contributed by atoms with Gasteiger partial charge in [-0.3, -0.25) is 0 Å². The molecule has 0 saturated carbocycles. The first-order valence-corrected chi connectivity index (χ1v) is 9.75. The van der Waals surface area contributed by atoms with Crippen molar-refractivity contribution >= 4 is 62.7 Å². The Hall–Kier alpha value is -0.850. The van der Waals surface area contributed by atoms with Crippen LogP contribution in [0.15, 0.2) is 60.5 Å². The van der Waals surface area contributed by atoms with Crippen molar-refractivity contribution < 1.29 is 0 Å². The number of halogens is 2. The molecule has 23 heavy (non-hydrogen) atoms. The molecule has 2 unspecified atom stereocenters. The maximum absolute atomic E-state index is 6.71. The van der Waals surface area contributed by atoms with Crippen LogP contribution in [-0.4, -0.2) is 13.7 Å². The van der Waals surface area contributed by atoms with E-state index in [1.54, 1.807) is 35.6 Å². The van der Waals surface area contributed by atoms with Gasteiger partial charge in [0.2, 0.25) is 0 Å². The second-order valence-electron chi connectivity index (χ2n) is 4.74. The van der Waals surface area contributed by atoms with E-state index < -0.39 is 0 Å². The molecule has 7 heteroatoms. The van der Waals surface area contributed by atoms with Gasteiger partial charge in [-0.25, -0.2) is 4.98 Å². The van der Waals surface area contributed by atoms with Crippen LogP contribution >= 0.6 is 58.5 Å². The first-order chi connectivity index (χ1) is 11.1. The minimum absolute atomic E-state index is 0.0438. The Morgan fingerprint density at radius 1 is 1.26 bits per heavy atom. The molecule has 0 aliphatic carbocycles. The van der Waals surface area contributed by atoms with Gasteiger partial charge in [-0.05, 0) is 29.1 Å². The quantitative estimate of drug-likeness (QED) is 0.377. The number of nitrogens with zero attached hydrogens (tertiary/aromatic N) is 2. The fourth-order valence-corrected chi connectivity index (χ4v) is 4.95. The number of aromatic nitrogens is 2. The van der Waals surface area contributed by atoms with Crippen LogP contribution in [0.2, 0.25) is 5.02 Å². The van der Waals surface area contributed by atoms with Gasteiger partial charge < -0.3 is 4.57 Å². The Balaban J connectivity index is 1.89. The van der Waals surface area contributed by atoms with E-state index in [0.29, 0.717) is 5.02 Å². The number of benzene rings is 1. The van der Waals surface area contributed by atoms with Crippen LogP contribution in [0.1, 0.15) is 21.2 Å². The summed E-state index contributed by atoms with van der Waals surface area (Å²) in [7, 11) is 0. The molecular weight excluding hydrogens is 387 g/mol. The van der Waals surface area contributed by atoms with Gasteiger partial charge in [-0.1, -0.05) is 53.6 Å². The minimum atomic E-state index is -0.304. The van der Waals surface area contributed by atoms with E-state index >= 15 is 0 Å². The van der Waals surface area contributed by atoms with Gasteiger partial charge in [-0.15, -0.1) is 23.1 Å². The van der Waals surface area contributed by atoms with Crippen LogP contribution in [0.3, 0.4) is 0 Å². The van der Waals surface area contributed by atoms with Crippen LogP contribution in [-0.2, 0) is 0 Å². The van der Waals surface area contributed by atoms with Crippen LogP contribution < -0.4 is 0 Å². The van der Waals surface area contributed by atoms with E-state index in [2.05, 4.69) is 4.98 Å². The number of thiophene rings is 1. The molecule has 1 aromatic carbocycles. The van der Waals surface area contributed by atoms with E-state index in [1.165, 1.54) is 0 Å². The van der Waals surface area contributed by atoms with Crippen LogP contribution in [0, 0.1) is 0 Å². The summed E-state index contributed by atoms with van der Waals surface area (Å²) in [5, 5.41) is 2.68. The zero-order chi connectivity index (χ0) is 16.2. The summed E-state index contributed by atoms with van der Waals surface area (Å²) in [6.45, 7) is 0. The first kappa shape index (κ1) is 17.0. The van der Waals surface area contributed by atoms with Gasteiger partial charge in [0.1, 0.15) is 5.50 Å². The molecule has 0 spiro atoms. The molecular formula is C16H12Cl2N2S3. The molecule has 0 saturated heterocycles. The lowest BCUT2D eigenvalue weighted by molar-refractivity contribution is 0.653. The Morgan fingerprint density at radius 3 is 2.65 bits per heavy atom. The molecule has 0 amide bonds. The lowest BCUT2D eigenvalue weighted by Gasteiger charge is -2.23. The van der Waals surface area contributed by atoms with E-state index in [9.17, 15) is 0 Å². The van der Waals surface area contributed by atoms with Crippen LogP contribution in [0.25, 0.3) is 0 Å². The predicted octanol–water partition coefficient (Wildman–Crippen LogP) is 6.19. The monoisotopic (exact) mass is 398 g/mol. The summed E-state index contributed by atoms with van der Waals surface area (Å²) in [5.41, 5.74) is 0.772. The first-order valence-electron chi connectivity index (χ1n) is 6.76. The molecule has 2 aromatic heterocycles. The molecule has 0 aliphatic rings. The van der Waals surface area contributed by atoms with E-state index in [4.69, 9.17) is 35.4 Å². The highest BCUT2D eigenvalue weighted by molar-refractivity contribution is 8.24. The highest BCUT2D eigenvalue weighted by Crippen LogP contribution is 2.43. The van der Waals surface area contributed by atoms with Crippen molar-refractivity contribution in [1.82, 2.24) is 9.55 Å². The van der Waals surface area contributed by atoms with Crippen molar-refractivity contribution in [3.63, 3.8) is 0 Å². The number of imidazole rings is 1. The van der Waals surface area contributed by atoms with Crippen molar-refractivity contribution in [1.29, 1.82) is 0 Å². The van der Waals surface area contributed by atoms with Gasteiger partial charge in [-0.2, -0.15) is 0 Å². The smallest absolute Gasteiger partial charge is 0.125 e. The fraction of sp³-hybridized carbons (Fsp3) is 0.125. The SMILES string of the molecule is S=C(SC(c1ccc(Cl)cc1)C(Cl)n1ccnc1)c1cccs1. The summed E-state index contributed by atoms with van der Waals surface area (Å²) in [6, 6.07) is 11.7. The molecule has 0 radical (unpaired) electrons. The molecule has 118 valence electrons. The van der Waals surface area contributed by atoms with Crippen LogP contribution in [0.5, 0.6) is 0 Å². The number of hydrogen-bond acceptors (Lipinski definition) is 4. The lowest BCUT2D eigenvalue weighted by Crippen LogP contribution is -2.11. The number of thioether (sulfide) groups is 1. The Bertz CT molecular complexity index is 755. The predicted molar refractivity (Wildman–Crippen MR) is 105 cm³/mol. The van der Waals surface area contributed by atoms with Gasteiger partial charge in [0.25, 0.3) is 0 Å². The maximum atomic E-state index is 6.71. The average Bonchev–Trinajstić information content (AvgIpc) is 3.25. The minimum Gasteiger partial charge on any atom is -0.319 e. The summed E-state index contributed by atoms with van der Waals surface area (Å²) in [6.07, 6.45) is 5.29. The van der Waals surface area contributed by atoms with Gasteiger partial charge in [0.15, 0.2) is 0 Å². The third-order valence-electron chi connectivity index (χ3n) is 3.21. The molecule has 0 aliphatic heterocycles. The van der Waals surface area contributed by atoms with Crippen molar-refractivity contribution in [3.8, 4) is 0 Å². The summed E-state index contributed by atoms with van der Waals surface area (Å²) >= 11 is 21.5. The lowest BCUT2D eigenvalue weighted by atomic mass is 10.1. The van der Waals surface area contributed by atoms with Gasteiger partial charge in [0.05, 0.1) is 20.7 Å². The molecule has 3 aromatic rings. The number of thiocarbonyl (C=S) groups is 1. The average molecular weight is 399 g/mol. The zero-order valence-corrected chi connectivity index (χ0v) is 15.8. The largest absolute Gasteiger partial charge is 0.319 e. The number of alkyl halides is 1. The van der Waals surface area contributed by atoms with Crippen LogP contribution in [0.4, 0.5) is 0 Å². The molecule has 2 nitrogen and oxygen atoms in total. The Kier molecular flexibility index (Phi) is 5.77. The van der Waals surface area contributed by atoms with Gasteiger partial charge >= 0.3 is 0 Å². The number of rotatable bonds is 5. The van der Waals surface area contributed by atoms with E-state index in [-0.39, 0.29) is 10.8 Å². The number of hydrogen-bond donors (Lipinski definition) is 0. The maximum Gasteiger partial charge on any atom is 0.125 e. The third-order valence-corrected chi connectivity index (χ3v) is 6.97. The standard InChI is InChI=1S/C16H12Cl2N2S3/c17-12-5-3-11(4-6-12)14(15(18)20-8-7-19-10-20)23-16(21)13-2-1-9-22-13/h1-10,14-15H.